The zero-order valence-electron chi connectivity index (χ0n) is 7.76. The molecule has 0 radical (unpaired) electrons. The zero-order valence-corrected chi connectivity index (χ0v) is 9.39. The molecule has 0 unspecified atom stereocenters. The van der Waals surface area contributed by atoms with Crippen molar-refractivity contribution in [2.45, 2.75) is 15.3 Å². The summed E-state index contributed by atoms with van der Waals surface area (Å²) in [5.74, 6) is 5.12. The van der Waals surface area contributed by atoms with Crippen molar-refractivity contribution >= 4 is 29.2 Å². The van der Waals surface area contributed by atoms with Crippen molar-refractivity contribution in [3.63, 3.8) is 0 Å². The second kappa shape index (κ2) is 5.00. The minimum atomic E-state index is -4.30. The van der Waals surface area contributed by atoms with E-state index in [0.29, 0.717) is 0 Å². The van der Waals surface area contributed by atoms with Crippen LogP contribution in [-0.2, 0) is 0 Å². The average molecular weight is 254 g/mol. The summed E-state index contributed by atoms with van der Waals surface area (Å²) >= 11 is 1.20. The predicted molar refractivity (Wildman–Crippen MR) is 57.9 cm³/mol. The summed E-state index contributed by atoms with van der Waals surface area (Å²) in [5.41, 5.74) is -1.79. The van der Waals surface area contributed by atoms with Crippen LogP contribution in [0.1, 0.15) is 0 Å². The lowest BCUT2D eigenvalue weighted by Crippen LogP contribution is -2.09. The first-order chi connectivity index (χ1) is 6.96. The Labute approximate surface area is 93.8 Å². The minimum absolute atomic E-state index is 0.0804. The first kappa shape index (κ1) is 12.5. The first-order valence-electron chi connectivity index (χ1n) is 3.86. The summed E-state index contributed by atoms with van der Waals surface area (Å²) in [6, 6.07) is 4.69. The standard InChI is InChI=1S/C8H9F3N2S2/c1-14-5-2-3-6(13-12)7(4-5)15-8(9,10)11/h2-4,13H,12H2,1H3. The summed E-state index contributed by atoms with van der Waals surface area (Å²) in [5, 5.41) is 0. The van der Waals surface area contributed by atoms with Crippen molar-refractivity contribution in [1.82, 2.24) is 0 Å². The number of rotatable bonds is 3. The lowest BCUT2D eigenvalue weighted by atomic mass is 10.3. The van der Waals surface area contributed by atoms with Crippen LogP contribution < -0.4 is 11.3 Å². The summed E-state index contributed by atoms with van der Waals surface area (Å²) < 4.78 is 36.5. The van der Waals surface area contributed by atoms with Crippen LogP contribution in [-0.4, -0.2) is 11.8 Å². The highest BCUT2D eigenvalue weighted by Gasteiger charge is 2.30. The molecular weight excluding hydrogens is 245 g/mol. The maximum absolute atomic E-state index is 12.2. The molecule has 0 aliphatic rings. The lowest BCUT2D eigenvalue weighted by Gasteiger charge is -2.11. The molecule has 0 saturated carbocycles. The van der Waals surface area contributed by atoms with Crippen LogP contribution in [0.3, 0.4) is 0 Å². The van der Waals surface area contributed by atoms with Gasteiger partial charge < -0.3 is 5.43 Å². The van der Waals surface area contributed by atoms with Gasteiger partial charge in [0.25, 0.3) is 0 Å². The molecule has 0 aromatic heterocycles. The van der Waals surface area contributed by atoms with E-state index in [0.717, 1.165) is 4.90 Å². The Balaban J connectivity index is 3.01. The van der Waals surface area contributed by atoms with Crippen molar-refractivity contribution in [3.05, 3.63) is 18.2 Å². The number of benzene rings is 1. The molecule has 84 valence electrons. The van der Waals surface area contributed by atoms with E-state index in [1.165, 1.54) is 23.9 Å². The second-order valence-corrected chi connectivity index (χ2v) is 4.54. The molecule has 1 rings (SSSR count). The number of halogens is 3. The molecule has 7 heteroatoms. The smallest absolute Gasteiger partial charge is 0.323 e. The normalized spacial score (nSPS) is 11.5. The molecule has 0 bridgehead atoms. The van der Waals surface area contributed by atoms with Crippen molar-refractivity contribution in [2.24, 2.45) is 5.84 Å². The number of hydrazine groups is 1. The highest BCUT2D eigenvalue weighted by atomic mass is 32.2. The molecule has 0 saturated heterocycles. The third-order valence-electron chi connectivity index (χ3n) is 1.57. The molecular formula is C8H9F3N2S2. The highest BCUT2D eigenvalue weighted by Crippen LogP contribution is 2.41. The van der Waals surface area contributed by atoms with Crippen LogP contribution >= 0.6 is 23.5 Å². The van der Waals surface area contributed by atoms with Crippen LogP contribution in [0, 0.1) is 0 Å². The number of thioether (sulfide) groups is 2. The Bertz CT molecular complexity index is 341. The van der Waals surface area contributed by atoms with Crippen molar-refractivity contribution in [2.75, 3.05) is 11.7 Å². The SMILES string of the molecule is CSc1ccc(NN)c(SC(F)(F)F)c1. The van der Waals surface area contributed by atoms with Crippen LogP contribution in [0.15, 0.2) is 28.0 Å². The van der Waals surface area contributed by atoms with Gasteiger partial charge in [-0.25, -0.2) is 0 Å². The molecule has 1 aromatic rings. The Morgan fingerprint density at radius 1 is 1.33 bits per heavy atom. The molecule has 0 heterocycles. The van der Waals surface area contributed by atoms with Gasteiger partial charge in [0.1, 0.15) is 0 Å². The zero-order chi connectivity index (χ0) is 11.5. The molecule has 0 atom stereocenters. The van der Waals surface area contributed by atoms with Crippen LogP contribution in [0.25, 0.3) is 0 Å². The lowest BCUT2D eigenvalue weighted by molar-refractivity contribution is -0.0328. The minimum Gasteiger partial charge on any atom is -0.323 e. The molecule has 0 fully saturated rings. The molecule has 2 nitrogen and oxygen atoms in total. The van der Waals surface area contributed by atoms with Crippen LogP contribution in [0.5, 0.6) is 0 Å². The van der Waals surface area contributed by atoms with Gasteiger partial charge in [-0.3, -0.25) is 5.84 Å². The summed E-state index contributed by atoms with van der Waals surface area (Å²) in [6.07, 6.45) is 1.80. The van der Waals surface area contributed by atoms with E-state index < -0.39 is 5.51 Å². The molecule has 0 amide bonds. The van der Waals surface area contributed by atoms with Gasteiger partial charge in [-0.05, 0) is 36.2 Å². The Morgan fingerprint density at radius 3 is 2.47 bits per heavy atom. The van der Waals surface area contributed by atoms with Gasteiger partial charge >= 0.3 is 5.51 Å². The topological polar surface area (TPSA) is 38.0 Å². The van der Waals surface area contributed by atoms with Gasteiger partial charge in [0, 0.05) is 9.79 Å². The van der Waals surface area contributed by atoms with E-state index >= 15 is 0 Å². The molecule has 3 N–H and O–H groups in total. The summed E-state index contributed by atoms with van der Waals surface area (Å²) in [4.78, 5) is 0.845. The Hall–Kier alpha value is -0.530. The van der Waals surface area contributed by atoms with Gasteiger partial charge in [-0.2, -0.15) is 13.2 Å². The molecule has 0 aliphatic heterocycles. The fraction of sp³-hybridized carbons (Fsp3) is 0.250. The third-order valence-corrected chi connectivity index (χ3v) is 3.08. The average Bonchev–Trinajstić information content (AvgIpc) is 2.15. The monoisotopic (exact) mass is 254 g/mol. The van der Waals surface area contributed by atoms with E-state index in [-0.39, 0.29) is 22.3 Å². The van der Waals surface area contributed by atoms with Crippen molar-refractivity contribution < 1.29 is 13.2 Å². The first-order valence-corrected chi connectivity index (χ1v) is 5.91. The fourth-order valence-corrected chi connectivity index (χ4v) is 2.14. The van der Waals surface area contributed by atoms with Crippen LogP contribution in [0.2, 0.25) is 0 Å². The van der Waals surface area contributed by atoms with Gasteiger partial charge in [-0.1, -0.05) is 0 Å². The van der Waals surface area contributed by atoms with Crippen LogP contribution in [0.4, 0.5) is 18.9 Å². The van der Waals surface area contributed by atoms with E-state index in [2.05, 4.69) is 5.43 Å². The van der Waals surface area contributed by atoms with Crippen molar-refractivity contribution in [1.29, 1.82) is 0 Å². The number of nitrogens with two attached hydrogens (primary N) is 1. The largest absolute Gasteiger partial charge is 0.446 e. The van der Waals surface area contributed by atoms with E-state index in [1.807, 2.05) is 0 Å². The summed E-state index contributed by atoms with van der Waals surface area (Å²) in [6.45, 7) is 0. The molecule has 15 heavy (non-hydrogen) atoms. The quantitative estimate of drug-likeness (QED) is 0.493. The molecule has 0 spiro atoms. The highest BCUT2D eigenvalue weighted by molar-refractivity contribution is 8.00. The number of nitrogen functional groups attached to an aromatic ring is 1. The van der Waals surface area contributed by atoms with Gasteiger partial charge in [0.2, 0.25) is 0 Å². The van der Waals surface area contributed by atoms with E-state index in [9.17, 15) is 13.2 Å². The van der Waals surface area contributed by atoms with Gasteiger partial charge in [0.05, 0.1) is 5.69 Å². The Morgan fingerprint density at radius 2 is 2.00 bits per heavy atom. The third kappa shape index (κ3) is 3.84. The molecule has 0 aliphatic carbocycles. The number of anilines is 1. The number of nitrogens with one attached hydrogen (secondary N) is 1. The van der Waals surface area contributed by atoms with E-state index in [1.54, 1.807) is 12.3 Å². The second-order valence-electron chi connectivity index (χ2n) is 2.55. The Kier molecular flexibility index (Phi) is 4.18. The predicted octanol–water partition coefficient (Wildman–Crippen LogP) is 3.31. The fourth-order valence-electron chi connectivity index (χ4n) is 0.958. The number of hydrogen-bond donors (Lipinski definition) is 2. The molecule has 1 aromatic carbocycles. The maximum Gasteiger partial charge on any atom is 0.446 e. The van der Waals surface area contributed by atoms with Gasteiger partial charge in [-0.15, -0.1) is 11.8 Å². The summed E-state index contributed by atoms with van der Waals surface area (Å²) in [7, 11) is 0. The van der Waals surface area contributed by atoms with E-state index in [4.69, 9.17) is 5.84 Å². The van der Waals surface area contributed by atoms with Crippen molar-refractivity contribution in [3.8, 4) is 0 Å². The number of hydrogen-bond acceptors (Lipinski definition) is 4. The maximum atomic E-state index is 12.2. The van der Waals surface area contributed by atoms with Gasteiger partial charge in [0.15, 0.2) is 0 Å². The number of alkyl halides is 3.